The van der Waals surface area contributed by atoms with E-state index in [2.05, 4.69) is 64.1 Å². The van der Waals surface area contributed by atoms with E-state index >= 15 is 0 Å². The molecule has 44 heavy (non-hydrogen) atoms. The predicted octanol–water partition coefficient (Wildman–Crippen LogP) is 8.82. The lowest BCUT2D eigenvalue weighted by Gasteiger charge is -2.33. The second kappa shape index (κ2) is 18.0. The molecule has 6 heteroatoms. The second-order valence-corrected chi connectivity index (χ2v) is 10.7. The molecule has 1 aliphatic heterocycles. The smallest absolute Gasteiger partial charge is 0.335 e. The van der Waals surface area contributed by atoms with Crippen LogP contribution in [0.2, 0.25) is 0 Å². The number of carboxylic acids is 1. The third-order valence-electron chi connectivity index (χ3n) is 8.04. The molecule has 5 rings (SSSR count). The SMILES string of the molecule is CC.CC.COCCCn1c(C2CCCN(C(=O)CCCc3ccc(-c4ccc(C(=O)O)cc4)cc3)C2)cc2ccccc21. The van der Waals surface area contributed by atoms with Crippen molar-refractivity contribution in [2.75, 3.05) is 26.8 Å². The third kappa shape index (κ3) is 9.06. The summed E-state index contributed by atoms with van der Waals surface area (Å²) in [5.74, 6) is -0.315. The zero-order valence-corrected chi connectivity index (χ0v) is 27.2. The fourth-order valence-electron chi connectivity index (χ4n) is 5.90. The largest absolute Gasteiger partial charge is 0.478 e. The van der Waals surface area contributed by atoms with E-state index in [9.17, 15) is 9.59 Å². The van der Waals surface area contributed by atoms with Crippen LogP contribution in [0.15, 0.2) is 78.9 Å². The number of carbonyl (C=O) groups excluding carboxylic acids is 1. The number of aromatic carboxylic acids is 1. The van der Waals surface area contributed by atoms with Crippen LogP contribution in [0, 0.1) is 0 Å². The van der Waals surface area contributed by atoms with E-state index in [1.807, 2.05) is 39.8 Å². The topological polar surface area (TPSA) is 71.8 Å². The van der Waals surface area contributed by atoms with Crippen molar-refractivity contribution < 1.29 is 19.4 Å². The monoisotopic (exact) mass is 598 g/mol. The van der Waals surface area contributed by atoms with Crippen LogP contribution >= 0.6 is 0 Å². The van der Waals surface area contributed by atoms with E-state index in [-0.39, 0.29) is 11.5 Å². The molecule has 3 aromatic carbocycles. The van der Waals surface area contributed by atoms with Gasteiger partial charge in [0.05, 0.1) is 5.56 Å². The van der Waals surface area contributed by atoms with Crippen LogP contribution in [0.1, 0.15) is 87.3 Å². The van der Waals surface area contributed by atoms with Gasteiger partial charge in [-0.2, -0.15) is 0 Å². The number of likely N-dealkylation sites (tertiary alicyclic amines) is 1. The van der Waals surface area contributed by atoms with E-state index in [0.29, 0.717) is 12.3 Å². The summed E-state index contributed by atoms with van der Waals surface area (Å²) in [6.45, 7) is 11.3. The first-order valence-corrected chi connectivity index (χ1v) is 16.3. The molecule has 236 valence electrons. The molecular formula is C38H50N2O4. The average Bonchev–Trinajstić information content (AvgIpc) is 3.45. The molecule has 0 spiro atoms. The van der Waals surface area contributed by atoms with Crippen molar-refractivity contribution in [2.45, 2.75) is 78.7 Å². The number of piperidine rings is 1. The number of ether oxygens (including phenoxy) is 1. The standard InChI is InChI=1S/C34H38N2O4.2C2H6/c1-40-22-6-21-36-31-10-3-2-8-29(31)23-32(36)30-9-5-20-35(24-30)33(37)11-4-7-25-12-14-26(15-13-25)27-16-18-28(19-17-27)34(38)39;2*1-2/h2-3,8,10,12-19,23,30H,4-7,9,11,20-22,24H2,1H3,(H,38,39);2*1-2H3. The van der Waals surface area contributed by atoms with Gasteiger partial charge in [0.25, 0.3) is 0 Å². The van der Waals surface area contributed by atoms with Crippen molar-refractivity contribution in [1.29, 1.82) is 0 Å². The lowest BCUT2D eigenvalue weighted by atomic mass is 9.94. The van der Waals surface area contributed by atoms with Crippen LogP contribution in [0.3, 0.4) is 0 Å². The van der Waals surface area contributed by atoms with E-state index in [0.717, 1.165) is 69.5 Å². The second-order valence-electron chi connectivity index (χ2n) is 10.7. The van der Waals surface area contributed by atoms with Gasteiger partial charge < -0.3 is 19.3 Å². The number of amides is 1. The van der Waals surface area contributed by atoms with Crippen LogP contribution in [0.5, 0.6) is 0 Å². The van der Waals surface area contributed by atoms with Crippen molar-refractivity contribution in [3.05, 3.63) is 95.7 Å². The van der Waals surface area contributed by atoms with Crippen molar-refractivity contribution in [1.82, 2.24) is 9.47 Å². The fraction of sp³-hybridized carbons (Fsp3) is 0.421. The number of carboxylic acid groups (broad SMARTS) is 1. The summed E-state index contributed by atoms with van der Waals surface area (Å²) >= 11 is 0. The predicted molar refractivity (Wildman–Crippen MR) is 181 cm³/mol. The molecule has 1 N–H and O–H groups in total. The van der Waals surface area contributed by atoms with Crippen molar-refractivity contribution in [3.8, 4) is 11.1 Å². The molecule has 6 nitrogen and oxygen atoms in total. The molecule has 2 heterocycles. The summed E-state index contributed by atoms with van der Waals surface area (Å²) in [5.41, 5.74) is 6.14. The maximum absolute atomic E-state index is 13.2. The highest BCUT2D eigenvalue weighted by molar-refractivity contribution is 5.88. The highest BCUT2D eigenvalue weighted by Gasteiger charge is 2.27. The van der Waals surface area contributed by atoms with Gasteiger partial charge in [-0.05, 0) is 78.4 Å². The quantitative estimate of drug-likeness (QED) is 0.175. The zero-order valence-electron chi connectivity index (χ0n) is 27.2. The number of aryl methyl sites for hydroxylation is 2. The fourth-order valence-corrected chi connectivity index (χ4v) is 5.90. The number of rotatable bonds is 11. The van der Waals surface area contributed by atoms with Crippen LogP contribution < -0.4 is 0 Å². The Kier molecular flexibility index (Phi) is 14.2. The molecule has 1 unspecified atom stereocenters. The van der Waals surface area contributed by atoms with Gasteiger partial charge in [-0.3, -0.25) is 4.79 Å². The summed E-state index contributed by atoms with van der Waals surface area (Å²) in [4.78, 5) is 26.4. The van der Waals surface area contributed by atoms with Crippen molar-refractivity contribution >= 4 is 22.8 Å². The number of methoxy groups -OCH3 is 1. The highest BCUT2D eigenvalue weighted by Crippen LogP contribution is 2.32. The Morgan fingerprint density at radius 2 is 1.55 bits per heavy atom. The molecule has 1 fully saturated rings. The molecule has 0 radical (unpaired) electrons. The zero-order chi connectivity index (χ0) is 31.9. The van der Waals surface area contributed by atoms with Gasteiger partial charge in [0.2, 0.25) is 5.91 Å². The third-order valence-corrected chi connectivity index (χ3v) is 8.04. The first-order chi connectivity index (χ1) is 21.5. The minimum absolute atomic E-state index is 0.252. The first-order valence-electron chi connectivity index (χ1n) is 16.3. The molecule has 0 bridgehead atoms. The highest BCUT2D eigenvalue weighted by atomic mass is 16.5. The maximum Gasteiger partial charge on any atom is 0.335 e. The Morgan fingerprint density at radius 3 is 2.20 bits per heavy atom. The van der Waals surface area contributed by atoms with E-state index < -0.39 is 5.97 Å². The molecule has 4 aromatic rings. The number of nitrogens with zero attached hydrogens (tertiary/aromatic N) is 2. The molecule has 0 saturated carbocycles. The van der Waals surface area contributed by atoms with E-state index in [1.165, 1.54) is 22.2 Å². The summed E-state index contributed by atoms with van der Waals surface area (Å²) in [6.07, 6.45) is 5.34. The number of fused-ring (bicyclic) bond motifs is 1. The number of carbonyl (C=O) groups is 2. The summed E-state index contributed by atoms with van der Waals surface area (Å²) in [7, 11) is 1.75. The Bertz CT molecular complexity index is 1440. The summed E-state index contributed by atoms with van der Waals surface area (Å²) in [5, 5.41) is 10.4. The number of hydrogen-bond acceptors (Lipinski definition) is 3. The molecule has 1 aliphatic rings. The normalized spacial score (nSPS) is 14.3. The lowest BCUT2D eigenvalue weighted by molar-refractivity contribution is -0.132. The molecule has 1 atom stereocenters. The van der Waals surface area contributed by atoms with Gasteiger partial charge in [-0.1, -0.05) is 82.3 Å². The van der Waals surface area contributed by atoms with E-state index in [1.54, 1.807) is 19.2 Å². The number of hydrogen-bond donors (Lipinski definition) is 1. The van der Waals surface area contributed by atoms with Crippen LogP contribution in [0.25, 0.3) is 22.0 Å². The Hall–Kier alpha value is -3.90. The van der Waals surface area contributed by atoms with Gasteiger partial charge in [0, 0.05) is 56.9 Å². The number of para-hydroxylation sites is 1. The molecule has 1 amide bonds. The van der Waals surface area contributed by atoms with Gasteiger partial charge in [-0.15, -0.1) is 0 Å². The number of benzene rings is 3. The minimum Gasteiger partial charge on any atom is -0.478 e. The molecular weight excluding hydrogens is 548 g/mol. The molecule has 1 saturated heterocycles. The molecule has 0 aliphatic carbocycles. The summed E-state index contributed by atoms with van der Waals surface area (Å²) in [6, 6.07) is 26.1. The number of aromatic nitrogens is 1. The van der Waals surface area contributed by atoms with Crippen molar-refractivity contribution in [2.24, 2.45) is 0 Å². The van der Waals surface area contributed by atoms with Crippen LogP contribution in [-0.4, -0.2) is 53.3 Å². The van der Waals surface area contributed by atoms with Crippen molar-refractivity contribution in [3.63, 3.8) is 0 Å². The first kappa shape index (κ1) is 34.6. The summed E-state index contributed by atoms with van der Waals surface area (Å²) < 4.78 is 7.75. The Labute approximate surface area is 263 Å². The van der Waals surface area contributed by atoms with Crippen LogP contribution in [0.4, 0.5) is 0 Å². The Morgan fingerprint density at radius 1 is 0.886 bits per heavy atom. The lowest BCUT2D eigenvalue weighted by Crippen LogP contribution is -2.39. The van der Waals surface area contributed by atoms with Gasteiger partial charge in [0.15, 0.2) is 0 Å². The maximum atomic E-state index is 13.2. The average molecular weight is 599 g/mol. The Balaban J connectivity index is 0.00000127. The molecule has 1 aromatic heterocycles. The van der Waals surface area contributed by atoms with Gasteiger partial charge >= 0.3 is 5.97 Å². The van der Waals surface area contributed by atoms with Gasteiger partial charge in [0.1, 0.15) is 0 Å². The van der Waals surface area contributed by atoms with E-state index in [4.69, 9.17) is 9.84 Å². The van der Waals surface area contributed by atoms with Crippen LogP contribution in [-0.2, 0) is 22.5 Å². The minimum atomic E-state index is -0.919. The van der Waals surface area contributed by atoms with Gasteiger partial charge in [-0.25, -0.2) is 4.79 Å².